The lowest BCUT2D eigenvalue weighted by Gasteiger charge is -2.06. The number of aromatic nitrogens is 6. The van der Waals surface area contributed by atoms with Crippen LogP contribution in [-0.2, 0) is 11.3 Å². The van der Waals surface area contributed by atoms with Gasteiger partial charge in [-0.2, -0.15) is 10.2 Å². The molecular weight excluding hydrogens is 429 g/mol. The van der Waals surface area contributed by atoms with Gasteiger partial charge in [0, 0.05) is 11.1 Å². The number of nitrogens with two attached hydrogens (primary N) is 1. The fourth-order valence-electron chi connectivity index (χ4n) is 3.36. The fraction of sp³-hybridized carbons (Fsp3) is 0.0476. The molecule has 0 aliphatic heterocycles. The van der Waals surface area contributed by atoms with Crippen LogP contribution in [0.1, 0.15) is 5.56 Å². The van der Waals surface area contributed by atoms with Crippen molar-refractivity contribution in [3.63, 3.8) is 0 Å². The monoisotopic (exact) mass is 445 g/mol. The summed E-state index contributed by atoms with van der Waals surface area (Å²) in [6, 6.07) is 13.2. The van der Waals surface area contributed by atoms with Crippen molar-refractivity contribution in [2.24, 2.45) is 5.10 Å². The van der Waals surface area contributed by atoms with Crippen LogP contribution in [0.2, 0.25) is 0 Å². The van der Waals surface area contributed by atoms with Crippen molar-refractivity contribution < 1.29 is 13.8 Å². The fourth-order valence-corrected chi connectivity index (χ4v) is 3.36. The Balaban J connectivity index is 1.36. The van der Waals surface area contributed by atoms with Gasteiger partial charge in [-0.05, 0) is 46.7 Å². The minimum absolute atomic E-state index is 0.0678. The number of rotatable bonds is 6. The zero-order valence-corrected chi connectivity index (χ0v) is 16.9. The van der Waals surface area contributed by atoms with Gasteiger partial charge in [-0.25, -0.2) is 19.4 Å². The number of hydrazone groups is 1. The van der Waals surface area contributed by atoms with Gasteiger partial charge in [-0.1, -0.05) is 12.1 Å². The van der Waals surface area contributed by atoms with E-state index in [0.29, 0.717) is 28.1 Å². The Bertz CT molecular complexity index is 1470. The Hall–Kier alpha value is -4.87. The second-order valence-corrected chi connectivity index (χ2v) is 7.01. The molecular formula is C21H16FN9O2. The first-order valence-corrected chi connectivity index (χ1v) is 9.75. The van der Waals surface area contributed by atoms with Crippen LogP contribution in [-0.4, -0.2) is 42.2 Å². The van der Waals surface area contributed by atoms with Gasteiger partial charge in [-0.3, -0.25) is 9.89 Å². The van der Waals surface area contributed by atoms with E-state index in [1.54, 1.807) is 22.9 Å². The highest BCUT2D eigenvalue weighted by Crippen LogP contribution is 2.26. The van der Waals surface area contributed by atoms with E-state index in [0.717, 1.165) is 5.56 Å². The van der Waals surface area contributed by atoms with Crippen LogP contribution >= 0.6 is 0 Å². The minimum atomic E-state index is -0.405. The number of imidazole rings is 1. The zero-order valence-electron chi connectivity index (χ0n) is 16.9. The van der Waals surface area contributed by atoms with Crippen LogP contribution in [0.5, 0.6) is 0 Å². The molecule has 0 saturated carbocycles. The second-order valence-electron chi connectivity index (χ2n) is 7.01. The number of amides is 1. The van der Waals surface area contributed by atoms with Crippen LogP contribution in [0.25, 0.3) is 33.8 Å². The summed E-state index contributed by atoms with van der Waals surface area (Å²) in [4.78, 5) is 17.2. The second kappa shape index (κ2) is 8.34. The van der Waals surface area contributed by atoms with Gasteiger partial charge in [0.1, 0.15) is 12.4 Å². The van der Waals surface area contributed by atoms with Crippen LogP contribution in [0.4, 0.5) is 10.2 Å². The summed E-state index contributed by atoms with van der Waals surface area (Å²) < 4.78 is 19.5. The standard InChI is InChI=1S/C21H16FN9O2/c22-14-7-5-12(6-8-14)18-13(10-25-28-18)9-24-27-17(32)11-31-16-4-2-1-3-15(16)26-21(31)19-20(23)30-33-29-19/h1-10H,11H2,(H2,23,30)(H,25,28)(H,27,32)/b24-9+. The minimum Gasteiger partial charge on any atom is -0.379 e. The molecule has 0 fully saturated rings. The molecule has 0 bridgehead atoms. The summed E-state index contributed by atoms with van der Waals surface area (Å²) in [5.74, 6) is -0.325. The van der Waals surface area contributed by atoms with Gasteiger partial charge >= 0.3 is 0 Å². The van der Waals surface area contributed by atoms with E-state index in [9.17, 15) is 9.18 Å². The van der Waals surface area contributed by atoms with E-state index in [1.165, 1.54) is 18.3 Å². The first-order valence-electron chi connectivity index (χ1n) is 9.75. The molecule has 5 rings (SSSR count). The average Bonchev–Trinajstić information content (AvgIpc) is 3.53. The third-order valence-electron chi connectivity index (χ3n) is 4.88. The number of H-pyrrole nitrogens is 1. The highest BCUT2D eigenvalue weighted by molar-refractivity contribution is 5.90. The van der Waals surface area contributed by atoms with Gasteiger partial charge < -0.3 is 10.3 Å². The number of halogens is 1. The Labute approximate surface area is 185 Å². The van der Waals surface area contributed by atoms with Crippen LogP contribution in [0.3, 0.4) is 0 Å². The van der Waals surface area contributed by atoms with Crippen molar-refractivity contribution in [1.82, 2.24) is 35.5 Å². The molecule has 1 amide bonds. The summed E-state index contributed by atoms with van der Waals surface area (Å²) >= 11 is 0. The van der Waals surface area contributed by atoms with Crippen molar-refractivity contribution in [3.8, 4) is 22.8 Å². The maximum atomic E-state index is 13.2. The molecule has 164 valence electrons. The van der Waals surface area contributed by atoms with Crippen molar-refractivity contribution in [1.29, 1.82) is 0 Å². The Morgan fingerprint density at radius 1 is 1.21 bits per heavy atom. The number of aromatic amines is 1. The predicted molar refractivity (Wildman–Crippen MR) is 117 cm³/mol. The molecule has 0 saturated heterocycles. The topological polar surface area (TPSA) is 153 Å². The van der Waals surface area contributed by atoms with Crippen molar-refractivity contribution >= 4 is 29.0 Å². The Morgan fingerprint density at radius 2 is 2.03 bits per heavy atom. The molecule has 12 heteroatoms. The molecule has 0 aliphatic carbocycles. The number of fused-ring (bicyclic) bond motifs is 1. The molecule has 5 aromatic rings. The van der Waals surface area contributed by atoms with Gasteiger partial charge in [0.25, 0.3) is 5.91 Å². The van der Waals surface area contributed by atoms with Crippen LogP contribution in [0.15, 0.2) is 64.5 Å². The maximum Gasteiger partial charge on any atom is 0.260 e. The Morgan fingerprint density at radius 3 is 2.82 bits per heavy atom. The normalized spacial score (nSPS) is 11.4. The number of nitrogens with zero attached hydrogens (tertiary/aromatic N) is 6. The lowest BCUT2D eigenvalue weighted by atomic mass is 10.1. The summed E-state index contributed by atoms with van der Waals surface area (Å²) in [5, 5.41) is 18.2. The number of carbonyl (C=O) groups excluding carboxylic acids is 1. The molecule has 3 aromatic heterocycles. The Kier molecular flexibility index (Phi) is 5.07. The summed E-state index contributed by atoms with van der Waals surface area (Å²) in [6.07, 6.45) is 3.00. The number of benzene rings is 2. The number of nitrogen functional groups attached to an aromatic ring is 1. The van der Waals surface area contributed by atoms with E-state index >= 15 is 0 Å². The molecule has 3 heterocycles. The molecule has 0 unspecified atom stereocenters. The first kappa shape index (κ1) is 20.1. The number of hydrogen-bond acceptors (Lipinski definition) is 8. The number of anilines is 1. The molecule has 33 heavy (non-hydrogen) atoms. The van der Waals surface area contributed by atoms with E-state index in [2.05, 4.69) is 40.7 Å². The smallest absolute Gasteiger partial charge is 0.260 e. The molecule has 4 N–H and O–H groups in total. The molecule has 0 radical (unpaired) electrons. The lowest BCUT2D eigenvalue weighted by Crippen LogP contribution is -2.23. The largest absolute Gasteiger partial charge is 0.379 e. The van der Waals surface area contributed by atoms with Crippen molar-refractivity contribution in [2.45, 2.75) is 6.54 Å². The third-order valence-corrected chi connectivity index (χ3v) is 4.88. The molecule has 2 aromatic carbocycles. The van der Waals surface area contributed by atoms with Gasteiger partial charge in [-0.15, -0.1) is 0 Å². The molecule has 0 aliphatic rings. The van der Waals surface area contributed by atoms with Gasteiger partial charge in [0.2, 0.25) is 0 Å². The number of nitrogens with one attached hydrogen (secondary N) is 2. The number of hydrogen-bond donors (Lipinski definition) is 3. The SMILES string of the molecule is Nc1nonc1-c1nc2ccccc2n1CC(=O)N/N=C/c1cn[nH]c1-c1ccc(F)cc1. The number of para-hydroxylation sites is 2. The van der Waals surface area contributed by atoms with Crippen LogP contribution in [0, 0.1) is 5.82 Å². The van der Waals surface area contributed by atoms with E-state index in [1.807, 2.05) is 24.3 Å². The first-order chi connectivity index (χ1) is 16.1. The van der Waals surface area contributed by atoms with Crippen LogP contribution < -0.4 is 11.2 Å². The molecule has 0 spiro atoms. The summed E-state index contributed by atoms with van der Waals surface area (Å²) in [5.41, 5.74) is 11.9. The zero-order chi connectivity index (χ0) is 22.8. The molecule has 11 nitrogen and oxygen atoms in total. The van der Waals surface area contributed by atoms with E-state index in [4.69, 9.17) is 5.73 Å². The van der Waals surface area contributed by atoms with E-state index < -0.39 is 5.91 Å². The predicted octanol–water partition coefficient (Wildman–Crippen LogP) is 2.35. The quantitative estimate of drug-likeness (QED) is 0.268. The summed E-state index contributed by atoms with van der Waals surface area (Å²) in [6.45, 7) is -0.101. The van der Waals surface area contributed by atoms with Crippen molar-refractivity contribution in [2.75, 3.05) is 5.73 Å². The number of carbonyl (C=O) groups is 1. The molecule has 0 atom stereocenters. The van der Waals surface area contributed by atoms with Gasteiger partial charge in [0.05, 0.1) is 29.1 Å². The van der Waals surface area contributed by atoms with E-state index in [-0.39, 0.29) is 23.9 Å². The highest BCUT2D eigenvalue weighted by Gasteiger charge is 2.20. The maximum absolute atomic E-state index is 13.2. The van der Waals surface area contributed by atoms with Crippen molar-refractivity contribution in [3.05, 3.63) is 66.1 Å². The highest BCUT2D eigenvalue weighted by atomic mass is 19.1. The average molecular weight is 445 g/mol. The lowest BCUT2D eigenvalue weighted by molar-refractivity contribution is -0.121. The third kappa shape index (κ3) is 3.92. The summed E-state index contributed by atoms with van der Waals surface area (Å²) in [7, 11) is 0. The van der Waals surface area contributed by atoms with Gasteiger partial charge in [0.15, 0.2) is 17.3 Å².